The molecule has 0 radical (unpaired) electrons. The van der Waals surface area contributed by atoms with Gasteiger partial charge in [-0.25, -0.2) is 0 Å². The Kier molecular flexibility index (Phi) is 4.54. The van der Waals surface area contributed by atoms with Gasteiger partial charge in [-0.1, -0.05) is 20.8 Å². The molecule has 0 aromatic heterocycles. The van der Waals surface area contributed by atoms with Crippen LogP contribution in [0.4, 0.5) is 0 Å². The summed E-state index contributed by atoms with van der Waals surface area (Å²) in [4.78, 5) is 11.3. The van der Waals surface area contributed by atoms with Crippen LogP contribution in [-0.2, 0) is 9.53 Å². The van der Waals surface area contributed by atoms with Crippen molar-refractivity contribution >= 4 is 5.91 Å². The number of hydrogen-bond acceptors (Lipinski definition) is 3. The van der Waals surface area contributed by atoms with E-state index < -0.39 is 0 Å². The summed E-state index contributed by atoms with van der Waals surface area (Å²) in [5.41, 5.74) is 0.234. The number of ether oxygens (including phenoxy) is 1. The van der Waals surface area contributed by atoms with Crippen molar-refractivity contribution in [2.75, 3.05) is 32.8 Å². The van der Waals surface area contributed by atoms with Gasteiger partial charge in [0.05, 0.1) is 19.8 Å². The van der Waals surface area contributed by atoms with Crippen LogP contribution in [0.3, 0.4) is 0 Å². The first-order valence-electron chi connectivity index (χ1n) is 5.57. The summed E-state index contributed by atoms with van der Waals surface area (Å²) in [5.74, 6) is 0.582. The van der Waals surface area contributed by atoms with Crippen LogP contribution in [-0.4, -0.2) is 38.8 Å². The second kappa shape index (κ2) is 5.47. The minimum absolute atomic E-state index is 0.0764. The second-order valence-electron chi connectivity index (χ2n) is 5.10. The summed E-state index contributed by atoms with van der Waals surface area (Å²) in [5, 5.41) is 6.03. The maximum Gasteiger partial charge on any atom is 0.233 e. The lowest BCUT2D eigenvalue weighted by molar-refractivity contribution is -0.121. The fourth-order valence-electron chi connectivity index (χ4n) is 1.41. The SMILES string of the molecule is CC(C)CNC(=O)CNCC1(C)COC1. The van der Waals surface area contributed by atoms with Crippen molar-refractivity contribution in [3.63, 3.8) is 0 Å². The van der Waals surface area contributed by atoms with Crippen molar-refractivity contribution < 1.29 is 9.53 Å². The van der Waals surface area contributed by atoms with Crippen molar-refractivity contribution in [2.45, 2.75) is 20.8 Å². The zero-order chi connectivity index (χ0) is 11.3. The number of hydrogen-bond donors (Lipinski definition) is 2. The van der Waals surface area contributed by atoms with Gasteiger partial charge in [-0.2, -0.15) is 0 Å². The normalized spacial score (nSPS) is 18.7. The Balaban J connectivity index is 2.01. The molecule has 2 N–H and O–H groups in total. The fraction of sp³-hybridized carbons (Fsp3) is 0.909. The molecule has 4 heteroatoms. The molecule has 0 atom stereocenters. The predicted molar refractivity (Wildman–Crippen MR) is 59.6 cm³/mol. The molecule has 1 aliphatic rings. The maximum absolute atomic E-state index is 11.3. The van der Waals surface area contributed by atoms with Gasteiger partial charge in [-0.3, -0.25) is 4.79 Å². The van der Waals surface area contributed by atoms with Crippen LogP contribution in [0.25, 0.3) is 0 Å². The third-order valence-electron chi connectivity index (χ3n) is 2.45. The Morgan fingerprint density at radius 3 is 2.60 bits per heavy atom. The van der Waals surface area contributed by atoms with Crippen LogP contribution in [0, 0.1) is 11.3 Å². The van der Waals surface area contributed by atoms with E-state index in [1.807, 2.05) is 0 Å². The van der Waals surface area contributed by atoms with E-state index in [-0.39, 0.29) is 11.3 Å². The van der Waals surface area contributed by atoms with Gasteiger partial charge in [0.25, 0.3) is 0 Å². The van der Waals surface area contributed by atoms with Crippen LogP contribution in [0.15, 0.2) is 0 Å². The number of carbonyl (C=O) groups excluding carboxylic acids is 1. The van der Waals surface area contributed by atoms with E-state index in [4.69, 9.17) is 4.74 Å². The van der Waals surface area contributed by atoms with Crippen molar-refractivity contribution in [3.8, 4) is 0 Å². The minimum Gasteiger partial charge on any atom is -0.380 e. The first-order chi connectivity index (χ1) is 7.02. The van der Waals surface area contributed by atoms with Gasteiger partial charge in [0.15, 0.2) is 0 Å². The van der Waals surface area contributed by atoms with E-state index in [2.05, 4.69) is 31.4 Å². The van der Waals surface area contributed by atoms with Crippen LogP contribution in [0.2, 0.25) is 0 Å². The molecule has 0 saturated carbocycles. The fourth-order valence-corrected chi connectivity index (χ4v) is 1.41. The zero-order valence-corrected chi connectivity index (χ0v) is 9.93. The molecule has 1 aliphatic heterocycles. The summed E-state index contributed by atoms with van der Waals surface area (Å²) in [6.45, 7) is 9.93. The van der Waals surface area contributed by atoms with Crippen molar-refractivity contribution in [2.24, 2.45) is 11.3 Å². The first kappa shape index (κ1) is 12.5. The summed E-state index contributed by atoms with van der Waals surface area (Å²) >= 11 is 0. The third-order valence-corrected chi connectivity index (χ3v) is 2.45. The Labute approximate surface area is 91.8 Å². The quantitative estimate of drug-likeness (QED) is 0.672. The van der Waals surface area contributed by atoms with Gasteiger partial charge in [0.2, 0.25) is 5.91 Å². The lowest BCUT2D eigenvalue weighted by atomic mass is 9.89. The highest BCUT2D eigenvalue weighted by Crippen LogP contribution is 2.24. The molecule has 15 heavy (non-hydrogen) atoms. The smallest absolute Gasteiger partial charge is 0.233 e. The highest BCUT2D eigenvalue weighted by molar-refractivity contribution is 5.77. The van der Waals surface area contributed by atoms with Crippen molar-refractivity contribution in [1.29, 1.82) is 0 Å². The van der Waals surface area contributed by atoms with Gasteiger partial charge >= 0.3 is 0 Å². The maximum atomic E-state index is 11.3. The molecule has 1 fully saturated rings. The lowest BCUT2D eigenvalue weighted by Crippen LogP contribution is -2.49. The summed E-state index contributed by atoms with van der Waals surface area (Å²) in [6, 6.07) is 0. The largest absolute Gasteiger partial charge is 0.380 e. The molecule has 0 unspecified atom stereocenters. The van der Waals surface area contributed by atoms with Crippen LogP contribution < -0.4 is 10.6 Å². The van der Waals surface area contributed by atoms with Gasteiger partial charge < -0.3 is 15.4 Å². The number of amides is 1. The Hall–Kier alpha value is -0.610. The predicted octanol–water partition coefficient (Wildman–Crippen LogP) is 0.385. The van der Waals surface area contributed by atoms with Gasteiger partial charge in [-0.15, -0.1) is 0 Å². The van der Waals surface area contributed by atoms with Gasteiger partial charge in [0, 0.05) is 18.5 Å². The van der Waals surface area contributed by atoms with E-state index >= 15 is 0 Å². The third kappa shape index (κ3) is 4.62. The topological polar surface area (TPSA) is 50.4 Å². The molecule has 0 aromatic rings. The number of rotatable bonds is 6. The summed E-state index contributed by atoms with van der Waals surface area (Å²) < 4.78 is 5.13. The van der Waals surface area contributed by atoms with Crippen molar-refractivity contribution in [1.82, 2.24) is 10.6 Å². The van der Waals surface area contributed by atoms with Crippen LogP contribution in [0.1, 0.15) is 20.8 Å². The minimum atomic E-state index is 0.0764. The molecular formula is C11H22N2O2. The standard InChI is InChI=1S/C11H22N2O2/c1-9(2)4-13-10(14)5-12-6-11(3)7-15-8-11/h9,12H,4-8H2,1-3H3,(H,13,14). The Bertz CT molecular complexity index is 213. The van der Waals surface area contributed by atoms with E-state index in [0.29, 0.717) is 12.5 Å². The van der Waals surface area contributed by atoms with E-state index in [0.717, 1.165) is 26.3 Å². The first-order valence-corrected chi connectivity index (χ1v) is 5.57. The molecule has 0 spiro atoms. The van der Waals surface area contributed by atoms with E-state index in [1.165, 1.54) is 0 Å². The summed E-state index contributed by atoms with van der Waals surface area (Å²) in [6.07, 6.45) is 0. The highest BCUT2D eigenvalue weighted by Gasteiger charge is 2.32. The van der Waals surface area contributed by atoms with E-state index in [9.17, 15) is 4.79 Å². The molecule has 1 rings (SSSR count). The average molecular weight is 214 g/mol. The molecule has 0 bridgehead atoms. The molecule has 4 nitrogen and oxygen atoms in total. The highest BCUT2D eigenvalue weighted by atomic mass is 16.5. The zero-order valence-electron chi connectivity index (χ0n) is 9.93. The average Bonchev–Trinajstić information content (AvgIpc) is 2.12. The molecule has 1 amide bonds. The van der Waals surface area contributed by atoms with E-state index in [1.54, 1.807) is 0 Å². The monoisotopic (exact) mass is 214 g/mol. The molecule has 1 saturated heterocycles. The lowest BCUT2D eigenvalue weighted by Gasteiger charge is -2.38. The molecule has 88 valence electrons. The number of carbonyl (C=O) groups is 1. The van der Waals surface area contributed by atoms with Gasteiger partial charge in [-0.05, 0) is 5.92 Å². The number of nitrogens with one attached hydrogen (secondary N) is 2. The Morgan fingerprint density at radius 2 is 2.13 bits per heavy atom. The van der Waals surface area contributed by atoms with Crippen LogP contribution >= 0.6 is 0 Å². The second-order valence-corrected chi connectivity index (χ2v) is 5.10. The van der Waals surface area contributed by atoms with Crippen molar-refractivity contribution in [3.05, 3.63) is 0 Å². The summed E-state index contributed by atoms with van der Waals surface area (Å²) in [7, 11) is 0. The Morgan fingerprint density at radius 1 is 1.47 bits per heavy atom. The van der Waals surface area contributed by atoms with Gasteiger partial charge in [0.1, 0.15) is 0 Å². The molecular weight excluding hydrogens is 192 g/mol. The van der Waals surface area contributed by atoms with Crippen LogP contribution in [0.5, 0.6) is 0 Å². The molecule has 0 aliphatic carbocycles. The molecule has 0 aromatic carbocycles. The molecule has 1 heterocycles.